The summed E-state index contributed by atoms with van der Waals surface area (Å²) in [6, 6.07) is 9.37. The van der Waals surface area contributed by atoms with Crippen LogP contribution in [0, 0.1) is 0 Å². The molecule has 1 saturated heterocycles. The van der Waals surface area contributed by atoms with Crippen LogP contribution in [0.1, 0.15) is 38.7 Å². The number of likely N-dealkylation sites (tertiary alicyclic amines) is 1. The molecule has 0 saturated carbocycles. The highest BCUT2D eigenvalue weighted by atomic mass is 15.1. The summed E-state index contributed by atoms with van der Waals surface area (Å²) in [5, 5.41) is 3.76. The maximum Gasteiger partial charge on any atom is 0.0374 e. The zero-order chi connectivity index (χ0) is 12.8. The van der Waals surface area contributed by atoms with Gasteiger partial charge in [-0.3, -0.25) is 0 Å². The molecular formula is C16H26N2. The van der Waals surface area contributed by atoms with Crippen molar-refractivity contribution < 1.29 is 0 Å². The van der Waals surface area contributed by atoms with Crippen LogP contribution in [-0.4, -0.2) is 30.6 Å². The van der Waals surface area contributed by atoms with Gasteiger partial charge in [0, 0.05) is 18.3 Å². The van der Waals surface area contributed by atoms with Crippen LogP contribution in [0.3, 0.4) is 0 Å². The molecule has 1 fully saturated rings. The zero-order valence-corrected chi connectivity index (χ0v) is 11.8. The summed E-state index contributed by atoms with van der Waals surface area (Å²) in [5.74, 6) is 0. The molecule has 0 radical (unpaired) electrons. The van der Waals surface area contributed by atoms with Gasteiger partial charge in [0.15, 0.2) is 0 Å². The molecule has 1 N–H and O–H groups in total. The Morgan fingerprint density at radius 1 is 1.17 bits per heavy atom. The third-order valence-electron chi connectivity index (χ3n) is 4.03. The fraction of sp³-hybridized carbons (Fsp3) is 0.625. The van der Waals surface area contributed by atoms with E-state index in [9.17, 15) is 0 Å². The smallest absolute Gasteiger partial charge is 0.0374 e. The molecule has 18 heavy (non-hydrogen) atoms. The summed E-state index contributed by atoms with van der Waals surface area (Å²) >= 11 is 0. The average Bonchev–Trinajstić information content (AvgIpc) is 2.64. The zero-order valence-electron chi connectivity index (χ0n) is 11.8. The van der Waals surface area contributed by atoms with E-state index in [1.807, 2.05) is 0 Å². The standard InChI is InChI=1S/C16H26N2/c1-3-14-8-5-6-10-16(14)17-15-9-7-12-18(4-2)13-11-15/h5-6,8,10,15,17H,3-4,7,9,11-13H2,1-2H3. The molecule has 2 heteroatoms. The lowest BCUT2D eigenvalue weighted by atomic mass is 10.1. The molecule has 1 heterocycles. The van der Waals surface area contributed by atoms with Gasteiger partial charge in [0.05, 0.1) is 0 Å². The number of aryl methyl sites for hydroxylation is 1. The maximum absolute atomic E-state index is 3.76. The number of rotatable bonds is 4. The lowest BCUT2D eigenvalue weighted by molar-refractivity contribution is 0.300. The van der Waals surface area contributed by atoms with Gasteiger partial charge >= 0.3 is 0 Å². The quantitative estimate of drug-likeness (QED) is 0.874. The number of para-hydroxylation sites is 1. The van der Waals surface area contributed by atoms with Crippen molar-refractivity contribution in [2.75, 3.05) is 25.0 Å². The Morgan fingerprint density at radius 3 is 2.78 bits per heavy atom. The highest BCUT2D eigenvalue weighted by molar-refractivity contribution is 5.51. The number of nitrogens with zero attached hydrogens (tertiary/aromatic N) is 1. The second kappa shape index (κ2) is 6.79. The molecule has 2 rings (SSSR count). The molecule has 0 aliphatic carbocycles. The Bertz CT molecular complexity index is 362. The molecule has 1 aromatic carbocycles. The minimum atomic E-state index is 0.647. The molecule has 1 aliphatic rings. The van der Waals surface area contributed by atoms with Crippen molar-refractivity contribution in [2.24, 2.45) is 0 Å². The summed E-state index contributed by atoms with van der Waals surface area (Å²) < 4.78 is 0. The highest BCUT2D eigenvalue weighted by Gasteiger charge is 2.16. The Labute approximate surface area is 111 Å². The van der Waals surface area contributed by atoms with Gasteiger partial charge in [-0.15, -0.1) is 0 Å². The molecular weight excluding hydrogens is 220 g/mol. The van der Waals surface area contributed by atoms with Crippen molar-refractivity contribution >= 4 is 5.69 Å². The van der Waals surface area contributed by atoms with Crippen molar-refractivity contribution in [3.05, 3.63) is 29.8 Å². The Hall–Kier alpha value is -1.02. The van der Waals surface area contributed by atoms with Crippen LogP contribution in [0.2, 0.25) is 0 Å². The first-order chi connectivity index (χ1) is 8.83. The largest absolute Gasteiger partial charge is 0.382 e. The van der Waals surface area contributed by atoms with E-state index in [0.29, 0.717) is 6.04 Å². The number of benzene rings is 1. The predicted octanol–water partition coefficient (Wildman–Crippen LogP) is 3.54. The van der Waals surface area contributed by atoms with E-state index >= 15 is 0 Å². The van der Waals surface area contributed by atoms with E-state index < -0.39 is 0 Å². The molecule has 1 atom stereocenters. The van der Waals surface area contributed by atoms with E-state index in [1.165, 1.54) is 50.1 Å². The monoisotopic (exact) mass is 246 g/mol. The van der Waals surface area contributed by atoms with Gasteiger partial charge in [-0.2, -0.15) is 0 Å². The Kier molecular flexibility index (Phi) is 5.06. The van der Waals surface area contributed by atoms with Crippen molar-refractivity contribution in [1.29, 1.82) is 0 Å². The maximum atomic E-state index is 3.76. The molecule has 1 unspecified atom stereocenters. The fourth-order valence-electron chi connectivity index (χ4n) is 2.81. The van der Waals surface area contributed by atoms with Crippen molar-refractivity contribution in [3.63, 3.8) is 0 Å². The van der Waals surface area contributed by atoms with E-state index in [4.69, 9.17) is 0 Å². The van der Waals surface area contributed by atoms with Crippen LogP contribution in [0.25, 0.3) is 0 Å². The minimum Gasteiger partial charge on any atom is -0.382 e. The number of anilines is 1. The second-order valence-corrected chi connectivity index (χ2v) is 5.22. The molecule has 0 spiro atoms. The van der Waals surface area contributed by atoms with Gasteiger partial charge in [-0.05, 0) is 50.4 Å². The normalized spacial score (nSPS) is 21.6. The number of nitrogens with one attached hydrogen (secondary N) is 1. The second-order valence-electron chi connectivity index (χ2n) is 5.22. The third-order valence-corrected chi connectivity index (χ3v) is 4.03. The average molecular weight is 246 g/mol. The molecule has 0 aromatic heterocycles. The Balaban J connectivity index is 1.96. The first-order valence-electron chi connectivity index (χ1n) is 7.40. The first kappa shape index (κ1) is 13.4. The van der Waals surface area contributed by atoms with Gasteiger partial charge in [0.2, 0.25) is 0 Å². The van der Waals surface area contributed by atoms with Crippen LogP contribution in [0.4, 0.5) is 5.69 Å². The minimum absolute atomic E-state index is 0.647. The van der Waals surface area contributed by atoms with E-state index in [-0.39, 0.29) is 0 Å². The van der Waals surface area contributed by atoms with E-state index in [0.717, 1.165) is 6.42 Å². The number of hydrogen-bond donors (Lipinski definition) is 1. The van der Waals surface area contributed by atoms with E-state index in [1.54, 1.807) is 0 Å². The van der Waals surface area contributed by atoms with Gasteiger partial charge < -0.3 is 10.2 Å². The highest BCUT2D eigenvalue weighted by Crippen LogP contribution is 2.20. The summed E-state index contributed by atoms with van der Waals surface area (Å²) in [4.78, 5) is 2.56. The van der Waals surface area contributed by atoms with Crippen LogP contribution >= 0.6 is 0 Å². The summed E-state index contributed by atoms with van der Waals surface area (Å²) in [6.45, 7) is 8.19. The third kappa shape index (κ3) is 3.49. The molecule has 1 aromatic rings. The molecule has 100 valence electrons. The first-order valence-corrected chi connectivity index (χ1v) is 7.40. The van der Waals surface area contributed by atoms with Crippen LogP contribution in [-0.2, 0) is 6.42 Å². The van der Waals surface area contributed by atoms with Crippen LogP contribution < -0.4 is 5.32 Å². The topological polar surface area (TPSA) is 15.3 Å². The molecule has 1 aliphatic heterocycles. The van der Waals surface area contributed by atoms with Crippen LogP contribution in [0.5, 0.6) is 0 Å². The van der Waals surface area contributed by atoms with Gasteiger partial charge in [-0.25, -0.2) is 0 Å². The summed E-state index contributed by atoms with van der Waals surface area (Å²) in [5.41, 5.74) is 2.78. The Morgan fingerprint density at radius 2 is 2.00 bits per heavy atom. The SMILES string of the molecule is CCc1ccccc1NC1CCCN(CC)CC1. The predicted molar refractivity (Wildman–Crippen MR) is 79.2 cm³/mol. The number of hydrogen-bond acceptors (Lipinski definition) is 2. The summed E-state index contributed by atoms with van der Waals surface area (Å²) in [7, 11) is 0. The lowest BCUT2D eigenvalue weighted by Crippen LogP contribution is -2.26. The fourth-order valence-corrected chi connectivity index (χ4v) is 2.81. The van der Waals surface area contributed by atoms with Crippen molar-refractivity contribution in [3.8, 4) is 0 Å². The van der Waals surface area contributed by atoms with Crippen LogP contribution in [0.15, 0.2) is 24.3 Å². The summed E-state index contributed by atoms with van der Waals surface area (Å²) in [6.07, 6.45) is 5.00. The van der Waals surface area contributed by atoms with Crippen molar-refractivity contribution in [2.45, 2.75) is 45.6 Å². The van der Waals surface area contributed by atoms with Crippen molar-refractivity contribution in [1.82, 2.24) is 4.90 Å². The van der Waals surface area contributed by atoms with E-state index in [2.05, 4.69) is 48.3 Å². The lowest BCUT2D eigenvalue weighted by Gasteiger charge is -2.20. The van der Waals surface area contributed by atoms with Gasteiger partial charge in [-0.1, -0.05) is 32.0 Å². The molecule has 2 nitrogen and oxygen atoms in total. The van der Waals surface area contributed by atoms with Gasteiger partial charge in [0.25, 0.3) is 0 Å². The van der Waals surface area contributed by atoms with Gasteiger partial charge in [0.1, 0.15) is 0 Å². The molecule has 0 bridgehead atoms. The molecule has 0 amide bonds.